The summed E-state index contributed by atoms with van der Waals surface area (Å²) in [7, 11) is -0.615. The van der Waals surface area contributed by atoms with Crippen LogP contribution in [-0.4, -0.2) is 28.8 Å². The lowest BCUT2D eigenvalue weighted by atomic mass is 10.2. The number of hydrogen-bond donors (Lipinski definition) is 1. The molecule has 12 heavy (non-hydrogen) atoms. The number of rotatable bonds is 6. The molecule has 0 heterocycles. The Balaban J connectivity index is 1.90. The average Bonchev–Trinajstić information content (AvgIpc) is 2.79. The SMILES string of the molecule is CC(NCCCS(C)=O)C1CC1. The Morgan fingerprint density at radius 2 is 2.25 bits per heavy atom. The minimum absolute atomic E-state index is 0.615. The summed E-state index contributed by atoms with van der Waals surface area (Å²) in [5.41, 5.74) is 0. The highest BCUT2D eigenvalue weighted by molar-refractivity contribution is 7.84. The van der Waals surface area contributed by atoms with Crippen LogP contribution in [0.3, 0.4) is 0 Å². The Hall–Kier alpha value is 0.110. The van der Waals surface area contributed by atoms with Gasteiger partial charge in [0.1, 0.15) is 0 Å². The zero-order valence-corrected chi connectivity index (χ0v) is 8.82. The summed E-state index contributed by atoms with van der Waals surface area (Å²) in [5.74, 6) is 1.77. The third-order valence-corrected chi connectivity index (χ3v) is 3.27. The van der Waals surface area contributed by atoms with E-state index in [0.29, 0.717) is 6.04 Å². The average molecular weight is 189 g/mol. The highest BCUT2D eigenvalue weighted by atomic mass is 32.2. The van der Waals surface area contributed by atoms with E-state index in [1.54, 1.807) is 6.26 Å². The van der Waals surface area contributed by atoms with Crippen molar-refractivity contribution in [2.45, 2.75) is 32.2 Å². The van der Waals surface area contributed by atoms with E-state index in [-0.39, 0.29) is 0 Å². The van der Waals surface area contributed by atoms with E-state index in [0.717, 1.165) is 24.6 Å². The summed E-state index contributed by atoms with van der Waals surface area (Å²) in [6.45, 7) is 3.28. The summed E-state index contributed by atoms with van der Waals surface area (Å²) in [5, 5.41) is 3.47. The van der Waals surface area contributed by atoms with Crippen molar-refractivity contribution in [1.29, 1.82) is 0 Å². The molecule has 1 rings (SSSR count). The first kappa shape index (κ1) is 10.2. The van der Waals surface area contributed by atoms with E-state index in [2.05, 4.69) is 12.2 Å². The maximum Gasteiger partial charge on any atom is 0.0244 e. The normalized spacial score (nSPS) is 22.2. The van der Waals surface area contributed by atoms with E-state index in [1.807, 2.05) is 0 Å². The third-order valence-electron chi connectivity index (χ3n) is 2.40. The molecular weight excluding hydrogens is 170 g/mol. The molecule has 0 aromatic carbocycles. The summed E-state index contributed by atoms with van der Waals surface area (Å²) < 4.78 is 10.7. The van der Waals surface area contributed by atoms with Crippen LogP contribution in [0.5, 0.6) is 0 Å². The van der Waals surface area contributed by atoms with Gasteiger partial charge in [0.15, 0.2) is 0 Å². The summed E-state index contributed by atoms with van der Waals surface area (Å²) in [6, 6.07) is 0.676. The molecule has 0 aromatic heterocycles. The second-order valence-corrected chi connectivity index (χ2v) is 5.27. The fourth-order valence-corrected chi connectivity index (χ4v) is 1.92. The lowest BCUT2D eigenvalue weighted by Gasteiger charge is -2.11. The predicted molar refractivity (Wildman–Crippen MR) is 53.7 cm³/mol. The molecule has 0 aromatic rings. The van der Waals surface area contributed by atoms with E-state index >= 15 is 0 Å². The lowest BCUT2D eigenvalue weighted by molar-refractivity contribution is 0.497. The van der Waals surface area contributed by atoms with Crippen LogP contribution in [0.25, 0.3) is 0 Å². The number of hydrogen-bond acceptors (Lipinski definition) is 2. The van der Waals surface area contributed by atoms with Gasteiger partial charge in [-0.3, -0.25) is 4.21 Å². The molecular formula is C9H19NOS. The van der Waals surface area contributed by atoms with Gasteiger partial charge in [-0.1, -0.05) is 0 Å². The van der Waals surface area contributed by atoms with Gasteiger partial charge in [-0.2, -0.15) is 0 Å². The Morgan fingerprint density at radius 1 is 1.58 bits per heavy atom. The van der Waals surface area contributed by atoms with Gasteiger partial charge in [0, 0.05) is 28.9 Å². The van der Waals surface area contributed by atoms with Gasteiger partial charge in [-0.05, 0) is 38.6 Å². The van der Waals surface area contributed by atoms with Crippen LogP contribution in [0.15, 0.2) is 0 Å². The van der Waals surface area contributed by atoms with E-state index in [9.17, 15) is 4.21 Å². The minimum Gasteiger partial charge on any atom is -0.314 e. The molecule has 0 spiro atoms. The molecule has 0 amide bonds. The molecule has 72 valence electrons. The lowest BCUT2D eigenvalue weighted by Crippen LogP contribution is -2.29. The molecule has 0 aliphatic heterocycles. The van der Waals surface area contributed by atoms with Gasteiger partial charge in [-0.25, -0.2) is 0 Å². The molecule has 1 saturated carbocycles. The molecule has 1 aliphatic rings. The Kier molecular flexibility index (Phi) is 4.22. The van der Waals surface area contributed by atoms with Crippen molar-refractivity contribution in [2.24, 2.45) is 5.92 Å². The third kappa shape index (κ3) is 4.21. The zero-order valence-electron chi connectivity index (χ0n) is 8.01. The van der Waals surface area contributed by atoms with Gasteiger partial charge in [0.25, 0.3) is 0 Å². The van der Waals surface area contributed by atoms with Gasteiger partial charge in [-0.15, -0.1) is 0 Å². The van der Waals surface area contributed by atoms with Crippen LogP contribution in [-0.2, 0) is 10.8 Å². The zero-order chi connectivity index (χ0) is 8.97. The van der Waals surface area contributed by atoms with Crippen molar-refractivity contribution in [3.05, 3.63) is 0 Å². The van der Waals surface area contributed by atoms with Crippen LogP contribution < -0.4 is 5.32 Å². The van der Waals surface area contributed by atoms with Crippen molar-refractivity contribution >= 4 is 10.8 Å². The summed E-state index contributed by atoms with van der Waals surface area (Å²) in [6.07, 6.45) is 5.60. The van der Waals surface area contributed by atoms with Gasteiger partial charge < -0.3 is 5.32 Å². The molecule has 0 saturated heterocycles. The van der Waals surface area contributed by atoms with Gasteiger partial charge in [0.05, 0.1) is 0 Å². The van der Waals surface area contributed by atoms with Crippen molar-refractivity contribution in [3.63, 3.8) is 0 Å². The topological polar surface area (TPSA) is 29.1 Å². The van der Waals surface area contributed by atoms with Crippen LogP contribution in [0, 0.1) is 5.92 Å². The molecule has 2 unspecified atom stereocenters. The van der Waals surface area contributed by atoms with E-state index in [1.165, 1.54) is 12.8 Å². The van der Waals surface area contributed by atoms with Crippen molar-refractivity contribution < 1.29 is 4.21 Å². The smallest absolute Gasteiger partial charge is 0.0244 e. The van der Waals surface area contributed by atoms with E-state index in [4.69, 9.17) is 0 Å². The number of nitrogens with one attached hydrogen (secondary N) is 1. The fourth-order valence-electron chi connectivity index (χ4n) is 1.37. The van der Waals surface area contributed by atoms with Crippen LogP contribution in [0.2, 0.25) is 0 Å². The molecule has 3 heteroatoms. The van der Waals surface area contributed by atoms with Crippen molar-refractivity contribution in [1.82, 2.24) is 5.32 Å². The first-order chi connectivity index (χ1) is 5.70. The first-order valence-corrected chi connectivity index (χ1v) is 6.46. The van der Waals surface area contributed by atoms with Gasteiger partial charge in [0.2, 0.25) is 0 Å². The second kappa shape index (κ2) is 4.97. The monoisotopic (exact) mass is 189 g/mol. The Labute approximate surface area is 77.6 Å². The van der Waals surface area contributed by atoms with Crippen LogP contribution in [0.4, 0.5) is 0 Å². The molecule has 1 aliphatic carbocycles. The predicted octanol–water partition coefficient (Wildman–Crippen LogP) is 1.14. The molecule has 1 fully saturated rings. The van der Waals surface area contributed by atoms with Crippen molar-refractivity contribution in [3.8, 4) is 0 Å². The maximum absolute atomic E-state index is 10.7. The maximum atomic E-state index is 10.7. The van der Waals surface area contributed by atoms with E-state index < -0.39 is 10.8 Å². The molecule has 2 atom stereocenters. The Morgan fingerprint density at radius 3 is 2.75 bits per heavy atom. The largest absolute Gasteiger partial charge is 0.314 e. The molecule has 2 nitrogen and oxygen atoms in total. The fraction of sp³-hybridized carbons (Fsp3) is 1.00. The quantitative estimate of drug-likeness (QED) is 0.635. The minimum atomic E-state index is -0.615. The second-order valence-electron chi connectivity index (χ2n) is 3.71. The van der Waals surface area contributed by atoms with Crippen LogP contribution in [0.1, 0.15) is 26.2 Å². The first-order valence-electron chi connectivity index (χ1n) is 4.73. The Bertz CT molecular complexity index is 157. The van der Waals surface area contributed by atoms with Crippen molar-refractivity contribution in [2.75, 3.05) is 18.6 Å². The summed E-state index contributed by atoms with van der Waals surface area (Å²) >= 11 is 0. The highest BCUT2D eigenvalue weighted by Gasteiger charge is 2.26. The van der Waals surface area contributed by atoms with Crippen LogP contribution >= 0.6 is 0 Å². The summed E-state index contributed by atoms with van der Waals surface area (Å²) in [4.78, 5) is 0. The molecule has 1 N–H and O–H groups in total. The standard InChI is InChI=1S/C9H19NOS/c1-8(9-4-5-9)10-6-3-7-12(2)11/h8-10H,3-7H2,1-2H3. The van der Waals surface area contributed by atoms with Gasteiger partial charge >= 0.3 is 0 Å². The molecule has 0 bridgehead atoms. The molecule has 0 radical (unpaired) electrons. The highest BCUT2D eigenvalue weighted by Crippen LogP contribution is 2.32.